The van der Waals surface area contributed by atoms with Crippen LogP contribution in [0, 0.1) is 0 Å². The fraction of sp³-hybridized carbons (Fsp3) is 0.308. The molecule has 0 bridgehead atoms. The minimum absolute atomic E-state index is 0.162. The van der Waals surface area contributed by atoms with Crippen molar-refractivity contribution in [3.8, 4) is 5.75 Å². The van der Waals surface area contributed by atoms with Gasteiger partial charge in [-0.25, -0.2) is 0 Å². The van der Waals surface area contributed by atoms with Gasteiger partial charge in [-0.05, 0) is 63.3 Å². The number of benzene rings is 3. The maximum Gasteiger partial charge on any atom is 0.261 e. The van der Waals surface area contributed by atoms with E-state index in [4.69, 9.17) is 27.9 Å². The van der Waals surface area contributed by atoms with E-state index in [1.165, 1.54) is 4.90 Å². The molecule has 0 aromatic heterocycles. The highest BCUT2D eigenvalue weighted by molar-refractivity contribution is 9.10. The van der Waals surface area contributed by atoms with E-state index in [0.717, 1.165) is 21.7 Å². The summed E-state index contributed by atoms with van der Waals surface area (Å²) in [6, 6.07) is 16.1. The SMILES string of the molecule is CCCNC(=O)[C@@H](CC)N(Cc1ccc(Cl)cc1Cl)C(=O)COc1ccc2ccccc2c1Br. The monoisotopic (exact) mass is 564 g/mol. The fourth-order valence-electron chi connectivity index (χ4n) is 3.67. The van der Waals surface area contributed by atoms with Gasteiger partial charge in [0.25, 0.3) is 5.91 Å². The van der Waals surface area contributed by atoms with Crippen molar-refractivity contribution in [1.82, 2.24) is 10.2 Å². The molecule has 3 aromatic rings. The van der Waals surface area contributed by atoms with Gasteiger partial charge in [-0.1, -0.05) is 73.4 Å². The molecule has 0 fully saturated rings. The van der Waals surface area contributed by atoms with Crippen LogP contribution in [0.25, 0.3) is 10.8 Å². The molecule has 0 radical (unpaired) electrons. The molecular formula is C26H27BrCl2N2O3. The number of nitrogens with zero attached hydrogens (tertiary/aromatic N) is 1. The molecule has 1 atom stereocenters. The molecule has 0 saturated carbocycles. The molecule has 34 heavy (non-hydrogen) atoms. The molecule has 0 spiro atoms. The quantitative estimate of drug-likeness (QED) is 0.300. The summed E-state index contributed by atoms with van der Waals surface area (Å²) in [5.41, 5.74) is 0.702. The van der Waals surface area contributed by atoms with Gasteiger partial charge in [0.05, 0.1) is 4.47 Å². The van der Waals surface area contributed by atoms with Crippen molar-refractivity contribution in [2.24, 2.45) is 0 Å². The first-order chi connectivity index (χ1) is 16.3. The van der Waals surface area contributed by atoms with E-state index >= 15 is 0 Å². The zero-order chi connectivity index (χ0) is 24.7. The summed E-state index contributed by atoms with van der Waals surface area (Å²) in [6.07, 6.45) is 1.25. The zero-order valence-electron chi connectivity index (χ0n) is 19.1. The topological polar surface area (TPSA) is 58.6 Å². The number of ether oxygens (including phenoxy) is 1. The number of nitrogens with one attached hydrogen (secondary N) is 1. The molecular weight excluding hydrogens is 539 g/mol. The Morgan fingerprint density at radius 3 is 2.56 bits per heavy atom. The van der Waals surface area contributed by atoms with Crippen molar-refractivity contribution in [3.63, 3.8) is 0 Å². The third-order valence-electron chi connectivity index (χ3n) is 5.47. The molecule has 180 valence electrons. The lowest BCUT2D eigenvalue weighted by molar-refractivity contribution is -0.143. The molecule has 5 nitrogen and oxygen atoms in total. The average Bonchev–Trinajstić information content (AvgIpc) is 2.83. The van der Waals surface area contributed by atoms with Crippen molar-refractivity contribution < 1.29 is 14.3 Å². The zero-order valence-corrected chi connectivity index (χ0v) is 22.2. The van der Waals surface area contributed by atoms with Crippen molar-refractivity contribution in [2.75, 3.05) is 13.2 Å². The van der Waals surface area contributed by atoms with Crippen LogP contribution in [-0.2, 0) is 16.1 Å². The Balaban J connectivity index is 1.84. The van der Waals surface area contributed by atoms with E-state index in [0.29, 0.717) is 34.3 Å². The van der Waals surface area contributed by atoms with E-state index in [9.17, 15) is 9.59 Å². The Morgan fingerprint density at radius 2 is 1.85 bits per heavy atom. The van der Waals surface area contributed by atoms with E-state index < -0.39 is 6.04 Å². The molecule has 8 heteroatoms. The number of carbonyl (C=O) groups excluding carboxylic acids is 2. The van der Waals surface area contributed by atoms with E-state index in [2.05, 4.69) is 21.2 Å². The molecule has 0 heterocycles. The Bertz CT molecular complexity index is 1170. The Kier molecular flexibility index (Phi) is 9.63. The third-order valence-corrected chi connectivity index (χ3v) is 6.87. The number of halogens is 3. The Hall–Kier alpha value is -2.28. The highest BCUT2D eigenvalue weighted by Gasteiger charge is 2.29. The molecule has 0 aliphatic rings. The normalized spacial score (nSPS) is 11.8. The van der Waals surface area contributed by atoms with Crippen LogP contribution in [0.1, 0.15) is 32.3 Å². The van der Waals surface area contributed by atoms with Crippen LogP contribution < -0.4 is 10.1 Å². The highest BCUT2D eigenvalue weighted by Crippen LogP contribution is 2.33. The predicted molar refractivity (Wildman–Crippen MR) is 142 cm³/mol. The van der Waals surface area contributed by atoms with Gasteiger partial charge in [0, 0.05) is 23.1 Å². The van der Waals surface area contributed by atoms with Gasteiger partial charge >= 0.3 is 0 Å². The van der Waals surface area contributed by atoms with Crippen LogP contribution in [-0.4, -0.2) is 35.9 Å². The Labute approximate surface area is 218 Å². The van der Waals surface area contributed by atoms with Crippen LogP contribution in [0.3, 0.4) is 0 Å². The van der Waals surface area contributed by atoms with E-state index in [1.54, 1.807) is 18.2 Å². The van der Waals surface area contributed by atoms with Crippen molar-refractivity contribution in [1.29, 1.82) is 0 Å². The lowest BCUT2D eigenvalue weighted by atomic mass is 10.1. The number of hydrogen-bond donors (Lipinski definition) is 1. The summed E-state index contributed by atoms with van der Waals surface area (Å²) in [7, 11) is 0. The van der Waals surface area contributed by atoms with Crippen LogP contribution >= 0.6 is 39.1 Å². The van der Waals surface area contributed by atoms with Gasteiger partial charge in [0.2, 0.25) is 5.91 Å². The number of carbonyl (C=O) groups is 2. The summed E-state index contributed by atoms with van der Waals surface area (Å²) >= 11 is 16.0. The lowest BCUT2D eigenvalue weighted by Crippen LogP contribution is -2.50. The van der Waals surface area contributed by atoms with E-state index in [1.807, 2.05) is 50.2 Å². The average molecular weight is 566 g/mol. The number of rotatable bonds is 10. The summed E-state index contributed by atoms with van der Waals surface area (Å²) in [5.74, 6) is 0.0410. The highest BCUT2D eigenvalue weighted by atomic mass is 79.9. The summed E-state index contributed by atoms with van der Waals surface area (Å²) in [5, 5.41) is 5.89. The van der Waals surface area contributed by atoms with Crippen LogP contribution in [0.15, 0.2) is 59.1 Å². The predicted octanol–water partition coefficient (Wildman–Crippen LogP) is 6.62. The van der Waals surface area contributed by atoms with Crippen LogP contribution in [0.4, 0.5) is 0 Å². The molecule has 0 saturated heterocycles. The molecule has 2 amide bonds. The van der Waals surface area contributed by atoms with Gasteiger partial charge < -0.3 is 15.0 Å². The minimum Gasteiger partial charge on any atom is -0.483 e. The summed E-state index contributed by atoms with van der Waals surface area (Å²) in [6.45, 7) is 4.34. The first-order valence-corrected chi connectivity index (χ1v) is 12.7. The maximum absolute atomic E-state index is 13.4. The van der Waals surface area contributed by atoms with E-state index in [-0.39, 0.29) is 25.0 Å². The molecule has 3 aromatic carbocycles. The van der Waals surface area contributed by atoms with Crippen LogP contribution in [0.2, 0.25) is 10.0 Å². The second-order valence-electron chi connectivity index (χ2n) is 7.86. The van der Waals surface area contributed by atoms with Gasteiger partial charge in [-0.15, -0.1) is 0 Å². The lowest BCUT2D eigenvalue weighted by Gasteiger charge is -2.31. The van der Waals surface area contributed by atoms with Gasteiger partial charge in [0.1, 0.15) is 11.8 Å². The standard InChI is InChI=1S/C26H27BrCl2N2O3/c1-3-13-30-26(33)22(4-2)31(15-18-9-11-19(28)14-21(18)29)24(32)16-34-23-12-10-17-7-5-6-8-20(17)25(23)27/h5-12,14,22H,3-4,13,15-16H2,1-2H3,(H,30,33)/t22-/m1/s1. The smallest absolute Gasteiger partial charge is 0.261 e. The van der Waals surface area contributed by atoms with Gasteiger partial charge in [-0.3, -0.25) is 9.59 Å². The maximum atomic E-state index is 13.4. The molecule has 0 aliphatic carbocycles. The Morgan fingerprint density at radius 1 is 1.09 bits per heavy atom. The van der Waals surface area contributed by atoms with Crippen molar-refractivity contribution >= 4 is 61.7 Å². The first kappa shape index (κ1) is 26.3. The molecule has 3 rings (SSSR count). The molecule has 0 unspecified atom stereocenters. The second-order valence-corrected chi connectivity index (χ2v) is 9.50. The van der Waals surface area contributed by atoms with Gasteiger partial charge in [-0.2, -0.15) is 0 Å². The largest absolute Gasteiger partial charge is 0.483 e. The van der Waals surface area contributed by atoms with Crippen LogP contribution in [0.5, 0.6) is 5.75 Å². The number of fused-ring (bicyclic) bond motifs is 1. The second kappa shape index (κ2) is 12.4. The third kappa shape index (κ3) is 6.44. The molecule has 1 N–H and O–H groups in total. The van der Waals surface area contributed by atoms with Crippen molar-refractivity contribution in [3.05, 3.63) is 74.7 Å². The number of hydrogen-bond acceptors (Lipinski definition) is 3. The van der Waals surface area contributed by atoms with Crippen molar-refractivity contribution in [2.45, 2.75) is 39.3 Å². The fourth-order valence-corrected chi connectivity index (χ4v) is 4.74. The summed E-state index contributed by atoms with van der Waals surface area (Å²) < 4.78 is 6.68. The minimum atomic E-state index is -0.658. The number of amides is 2. The summed E-state index contributed by atoms with van der Waals surface area (Å²) in [4.78, 5) is 27.8. The van der Waals surface area contributed by atoms with Gasteiger partial charge in [0.15, 0.2) is 6.61 Å². The molecule has 0 aliphatic heterocycles. The first-order valence-electron chi connectivity index (χ1n) is 11.2.